The molecule has 0 unspecified atom stereocenters. The van der Waals surface area contributed by atoms with E-state index in [4.69, 9.17) is 0 Å². The molecule has 0 aliphatic heterocycles. The molecule has 0 N–H and O–H groups in total. The molecule has 0 atom stereocenters. The highest BCUT2D eigenvalue weighted by atomic mass is 19.2. The van der Waals surface area contributed by atoms with Gasteiger partial charge < -0.3 is 9.69 Å². The Morgan fingerprint density at radius 2 is 1.94 bits per heavy atom. The van der Waals surface area contributed by atoms with Crippen LogP contribution in [0.1, 0.15) is 25.3 Å². The number of halogens is 2. The molecule has 0 aliphatic carbocycles. The van der Waals surface area contributed by atoms with E-state index in [0.717, 1.165) is 31.1 Å². The number of Topliss-reactive ketones (excluding diaryl/α,β-unsaturated/α-hetero) is 1. The fourth-order valence-corrected chi connectivity index (χ4v) is 1.72. The van der Waals surface area contributed by atoms with E-state index in [1.165, 1.54) is 6.07 Å². The highest BCUT2D eigenvalue weighted by molar-refractivity contribution is 5.75. The van der Waals surface area contributed by atoms with E-state index in [1.807, 2.05) is 7.05 Å². The Hall–Kier alpha value is -1.29. The molecule has 0 spiro atoms. The Kier molecular flexibility index (Phi) is 5.92. The van der Waals surface area contributed by atoms with E-state index in [1.54, 1.807) is 13.0 Å². The van der Waals surface area contributed by atoms with Crippen LogP contribution in [0.25, 0.3) is 0 Å². The van der Waals surface area contributed by atoms with Gasteiger partial charge in [0.25, 0.3) is 0 Å². The average molecular weight is 255 g/mol. The normalized spacial score (nSPS) is 10.9. The van der Waals surface area contributed by atoms with Crippen LogP contribution in [0.5, 0.6) is 0 Å². The summed E-state index contributed by atoms with van der Waals surface area (Å²) in [4.78, 5) is 12.9. The van der Waals surface area contributed by atoms with E-state index in [2.05, 4.69) is 4.90 Å². The van der Waals surface area contributed by atoms with Crippen LogP contribution in [0, 0.1) is 11.6 Å². The van der Waals surface area contributed by atoms with Gasteiger partial charge in [-0.05, 0) is 51.1 Å². The lowest BCUT2D eigenvalue weighted by molar-refractivity contribution is -0.117. The van der Waals surface area contributed by atoms with Crippen LogP contribution in [0.2, 0.25) is 0 Å². The standard InChI is InChI=1S/C14H19F2NO/c1-11(18)4-3-8-17(2)9-7-12-5-6-13(15)14(16)10-12/h5-6,10H,3-4,7-9H2,1-2H3. The zero-order chi connectivity index (χ0) is 13.5. The molecule has 1 aromatic carbocycles. The molecular weight excluding hydrogens is 236 g/mol. The third kappa shape index (κ3) is 5.36. The molecule has 0 aliphatic rings. The largest absolute Gasteiger partial charge is 0.306 e. The molecule has 4 heteroatoms. The summed E-state index contributed by atoms with van der Waals surface area (Å²) in [6, 6.07) is 3.99. The monoisotopic (exact) mass is 255 g/mol. The van der Waals surface area contributed by atoms with Crippen LogP contribution in [0.4, 0.5) is 8.78 Å². The summed E-state index contributed by atoms with van der Waals surface area (Å²) in [6.45, 7) is 3.19. The number of ketones is 1. The first-order valence-electron chi connectivity index (χ1n) is 6.11. The first-order chi connectivity index (χ1) is 8.49. The van der Waals surface area contributed by atoms with Crippen molar-refractivity contribution in [2.24, 2.45) is 0 Å². The molecule has 100 valence electrons. The van der Waals surface area contributed by atoms with Gasteiger partial charge in [-0.25, -0.2) is 8.78 Å². The first kappa shape index (κ1) is 14.8. The van der Waals surface area contributed by atoms with Crippen molar-refractivity contribution in [1.29, 1.82) is 0 Å². The molecule has 0 aromatic heterocycles. The van der Waals surface area contributed by atoms with Crippen LogP contribution >= 0.6 is 0 Å². The summed E-state index contributed by atoms with van der Waals surface area (Å²) >= 11 is 0. The SMILES string of the molecule is CC(=O)CCCN(C)CCc1ccc(F)c(F)c1. The Balaban J connectivity index is 2.31. The number of carbonyl (C=O) groups is 1. The molecule has 0 bridgehead atoms. The second kappa shape index (κ2) is 7.21. The summed E-state index contributed by atoms with van der Waals surface area (Å²) in [5, 5.41) is 0. The Bertz CT molecular complexity index is 407. The van der Waals surface area contributed by atoms with E-state index in [-0.39, 0.29) is 5.78 Å². The van der Waals surface area contributed by atoms with Gasteiger partial charge in [-0.3, -0.25) is 0 Å². The average Bonchev–Trinajstić information content (AvgIpc) is 2.30. The molecule has 0 amide bonds. The van der Waals surface area contributed by atoms with Crippen molar-refractivity contribution < 1.29 is 13.6 Å². The van der Waals surface area contributed by atoms with Crippen molar-refractivity contribution in [3.05, 3.63) is 35.4 Å². The maximum Gasteiger partial charge on any atom is 0.159 e. The van der Waals surface area contributed by atoms with Gasteiger partial charge in [0.2, 0.25) is 0 Å². The summed E-state index contributed by atoms with van der Waals surface area (Å²) in [6.07, 6.45) is 2.10. The van der Waals surface area contributed by atoms with Crippen molar-refractivity contribution >= 4 is 5.78 Å². The molecule has 0 fully saturated rings. The topological polar surface area (TPSA) is 20.3 Å². The third-order valence-electron chi connectivity index (χ3n) is 2.83. The second-order valence-corrected chi connectivity index (χ2v) is 4.61. The van der Waals surface area contributed by atoms with Crippen LogP contribution in [0.3, 0.4) is 0 Å². The number of benzene rings is 1. The highest BCUT2D eigenvalue weighted by Gasteiger charge is 2.04. The molecule has 18 heavy (non-hydrogen) atoms. The maximum absolute atomic E-state index is 13.0. The van der Waals surface area contributed by atoms with Gasteiger partial charge >= 0.3 is 0 Å². The third-order valence-corrected chi connectivity index (χ3v) is 2.83. The van der Waals surface area contributed by atoms with E-state index < -0.39 is 11.6 Å². The minimum Gasteiger partial charge on any atom is -0.306 e. The molecule has 0 saturated heterocycles. The zero-order valence-electron chi connectivity index (χ0n) is 10.9. The Morgan fingerprint density at radius 3 is 2.56 bits per heavy atom. The molecule has 0 heterocycles. The minimum absolute atomic E-state index is 0.198. The predicted molar refractivity (Wildman–Crippen MR) is 67.5 cm³/mol. The summed E-state index contributed by atoms with van der Waals surface area (Å²) in [5.41, 5.74) is 0.785. The lowest BCUT2D eigenvalue weighted by Gasteiger charge is -2.16. The van der Waals surface area contributed by atoms with Crippen molar-refractivity contribution in [3.8, 4) is 0 Å². The van der Waals surface area contributed by atoms with Crippen molar-refractivity contribution in [2.45, 2.75) is 26.2 Å². The van der Waals surface area contributed by atoms with Crippen LogP contribution < -0.4 is 0 Å². The van der Waals surface area contributed by atoms with Crippen molar-refractivity contribution in [3.63, 3.8) is 0 Å². The fourth-order valence-electron chi connectivity index (χ4n) is 1.72. The lowest BCUT2D eigenvalue weighted by Crippen LogP contribution is -2.22. The minimum atomic E-state index is -0.812. The van der Waals surface area contributed by atoms with Gasteiger partial charge in [-0.15, -0.1) is 0 Å². The molecule has 1 rings (SSSR count). The van der Waals surface area contributed by atoms with Gasteiger partial charge in [-0.2, -0.15) is 0 Å². The van der Waals surface area contributed by atoms with Crippen LogP contribution in [0.15, 0.2) is 18.2 Å². The molecule has 0 radical (unpaired) electrons. The van der Waals surface area contributed by atoms with Crippen LogP contribution in [-0.2, 0) is 11.2 Å². The lowest BCUT2D eigenvalue weighted by atomic mass is 10.1. The molecule has 2 nitrogen and oxygen atoms in total. The smallest absolute Gasteiger partial charge is 0.159 e. The Morgan fingerprint density at radius 1 is 1.22 bits per heavy atom. The maximum atomic E-state index is 13.0. The first-order valence-corrected chi connectivity index (χ1v) is 6.11. The number of hydrogen-bond donors (Lipinski definition) is 0. The summed E-state index contributed by atoms with van der Waals surface area (Å²) < 4.78 is 25.7. The predicted octanol–water partition coefficient (Wildman–Crippen LogP) is 2.81. The quantitative estimate of drug-likeness (QED) is 0.746. The van der Waals surface area contributed by atoms with Crippen LogP contribution in [-0.4, -0.2) is 30.8 Å². The Labute approximate surface area is 107 Å². The van der Waals surface area contributed by atoms with Gasteiger partial charge in [0.05, 0.1) is 0 Å². The molecule has 1 aromatic rings. The highest BCUT2D eigenvalue weighted by Crippen LogP contribution is 2.09. The van der Waals surface area contributed by atoms with Crippen molar-refractivity contribution in [2.75, 3.05) is 20.1 Å². The number of carbonyl (C=O) groups excluding carboxylic acids is 1. The van der Waals surface area contributed by atoms with E-state index in [9.17, 15) is 13.6 Å². The summed E-state index contributed by atoms with van der Waals surface area (Å²) in [7, 11) is 1.96. The van der Waals surface area contributed by atoms with Gasteiger partial charge in [0.1, 0.15) is 5.78 Å². The number of hydrogen-bond acceptors (Lipinski definition) is 2. The summed E-state index contributed by atoms with van der Waals surface area (Å²) in [5.74, 6) is -1.41. The van der Waals surface area contributed by atoms with Gasteiger partial charge in [-0.1, -0.05) is 6.07 Å². The van der Waals surface area contributed by atoms with Crippen molar-refractivity contribution in [1.82, 2.24) is 4.90 Å². The number of likely N-dealkylation sites (N-methyl/N-ethyl adjacent to an activating group) is 1. The molecular formula is C14H19F2NO. The van der Waals surface area contributed by atoms with Gasteiger partial charge in [0.15, 0.2) is 11.6 Å². The molecule has 0 saturated carbocycles. The van der Waals surface area contributed by atoms with E-state index >= 15 is 0 Å². The fraction of sp³-hybridized carbons (Fsp3) is 0.500. The van der Waals surface area contributed by atoms with Gasteiger partial charge in [0, 0.05) is 13.0 Å². The number of rotatable bonds is 7. The zero-order valence-corrected chi connectivity index (χ0v) is 10.9. The second-order valence-electron chi connectivity index (χ2n) is 4.61. The number of nitrogens with zero attached hydrogens (tertiary/aromatic N) is 1. The van der Waals surface area contributed by atoms with E-state index in [0.29, 0.717) is 12.8 Å².